The van der Waals surface area contributed by atoms with Crippen molar-refractivity contribution in [2.24, 2.45) is 0 Å². The molecule has 0 saturated heterocycles. The van der Waals surface area contributed by atoms with Crippen molar-refractivity contribution >= 4 is 17.0 Å². The minimum Gasteiger partial charge on any atom is -0.261 e. The topological polar surface area (TPSA) is 68.9 Å². The first-order chi connectivity index (χ1) is 10.6. The van der Waals surface area contributed by atoms with E-state index in [0.29, 0.717) is 6.42 Å². The number of aryl methyl sites for hydroxylation is 1. The minimum absolute atomic E-state index is 0.125. The number of aromatic nitrogens is 2. The lowest BCUT2D eigenvalue weighted by molar-refractivity contribution is -0.384. The van der Waals surface area contributed by atoms with E-state index >= 15 is 0 Å². The van der Waals surface area contributed by atoms with E-state index in [9.17, 15) is 10.1 Å². The van der Waals surface area contributed by atoms with Crippen LogP contribution in [0.4, 0.5) is 5.69 Å². The van der Waals surface area contributed by atoms with Gasteiger partial charge in [-0.15, -0.1) is 11.3 Å². The Kier molecular flexibility index (Phi) is 3.93. The van der Waals surface area contributed by atoms with Crippen molar-refractivity contribution in [1.82, 2.24) is 9.97 Å². The zero-order chi connectivity index (χ0) is 15.5. The summed E-state index contributed by atoms with van der Waals surface area (Å²) in [5.74, 6) is 0. The fourth-order valence-corrected chi connectivity index (χ4v) is 3.25. The van der Waals surface area contributed by atoms with Gasteiger partial charge in [0.05, 0.1) is 21.7 Å². The predicted octanol–water partition coefficient (Wildman–Crippen LogP) is 4.01. The first kappa shape index (κ1) is 14.3. The molecule has 22 heavy (non-hydrogen) atoms. The molecule has 0 unspecified atom stereocenters. The Morgan fingerprint density at radius 3 is 2.86 bits per heavy atom. The summed E-state index contributed by atoms with van der Waals surface area (Å²) in [5.41, 5.74) is 3.06. The molecule has 1 aromatic carbocycles. The van der Waals surface area contributed by atoms with Crippen LogP contribution in [0, 0.1) is 17.0 Å². The van der Waals surface area contributed by atoms with Gasteiger partial charge in [0.15, 0.2) is 0 Å². The number of thiophene rings is 1. The number of non-ortho nitro benzene ring substituents is 1. The lowest BCUT2D eigenvalue weighted by Gasteiger charge is -2.01. The van der Waals surface area contributed by atoms with Gasteiger partial charge in [-0.25, -0.2) is 0 Å². The molecule has 0 fully saturated rings. The molecule has 0 N–H and O–H groups in total. The number of hydrogen-bond acceptors (Lipinski definition) is 5. The second-order valence-electron chi connectivity index (χ2n) is 4.89. The average Bonchev–Trinajstić information content (AvgIpc) is 2.89. The van der Waals surface area contributed by atoms with Crippen LogP contribution in [0.25, 0.3) is 10.6 Å². The van der Waals surface area contributed by atoms with Gasteiger partial charge < -0.3 is 0 Å². The minimum atomic E-state index is -0.366. The lowest BCUT2D eigenvalue weighted by atomic mass is 10.0. The second kappa shape index (κ2) is 6.03. The van der Waals surface area contributed by atoms with Crippen molar-refractivity contribution in [2.45, 2.75) is 13.3 Å². The van der Waals surface area contributed by atoms with Crippen LogP contribution < -0.4 is 0 Å². The zero-order valence-corrected chi connectivity index (χ0v) is 12.7. The molecule has 3 rings (SSSR count). The van der Waals surface area contributed by atoms with E-state index in [1.54, 1.807) is 42.1 Å². The summed E-state index contributed by atoms with van der Waals surface area (Å²) >= 11 is 1.66. The molecular formula is C16H13N3O2S. The molecule has 2 heterocycles. The maximum Gasteiger partial charge on any atom is 0.269 e. The third kappa shape index (κ3) is 3.01. The van der Waals surface area contributed by atoms with Gasteiger partial charge in [0.1, 0.15) is 0 Å². The van der Waals surface area contributed by atoms with Crippen LogP contribution in [0.3, 0.4) is 0 Å². The molecule has 0 radical (unpaired) electrons. The molecule has 0 aliphatic carbocycles. The fourth-order valence-electron chi connectivity index (χ4n) is 2.25. The molecule has 6 heteroatoms. The highest BCUT2D eigenvalue weighted by Gasteiger charge is 2.11. The van der Waals surface area contributed by atoms with Crippen LogP contribution >= 0.6 is 11.3 Å². The number of nitro benzene ring substituents is 1. The first-order valence-electron chi connectivity index (χ1n) is 6.72. The molecule has 2 aromatic heterocycles. The van der Waals surface area contributed by atoms with Crippen LogP contribution in [0.5, 0.6) is 0 Å². The smallest absolute Gasteiger partial charge is 0.261 e. The Hall–Kier alpha value is -2.60. The molecule has 0 saturated carbocycles. The summed E-state index contributed by atoms with van der Waals surface area (Å²) in [6, 6.07) is 8.85. The molecule has 0 amide bonds. The van der Waals surface area contributed by atoms with Crippen LogP contribution in [-0.2, 0) is 6.42 Å². The van der Waals surface area contributed by atoms with Crippen molar-refractivity contribution in [3.63, 3.8) is 0 Å². The quantitative estimate of drug-likeness (QED) is 0.539. The summed E-state index contributed by atoms with van der Waals surface area (Å²) in [5, 5.41) is 10.9. The Bertz CT molecular complexity index is 815. The molecule has 5 nitrogen and oxygen atoms in total. The highest BCUT2D eigenvalue weighted by molar-refractivity contribution is 7.15. The summed E-state index contributed by atoms with van der Waals surface area (Å²) in [6.07, 6.45) is 5.73. The third-order valence-corrected chi connectivity index (χ3v) is 4.47. The van der Waals surface area contributed by atoms with Gasteiger partial charge in [-0.2, -0.15) is 0 Å². The maximum absolute atomic E-state index is 10.9. The SMILES string of the molecule is Cc1sc(-c2cnccn2)cc1Cc1cccc([N+](=O)[O-])c1. The predicted molar refractivity (Wildman–Crippen MR) is 86.0 cm³/mol. The van der Waals surface area contributed by atoms with Crippen LogP contribution in [0.1, 0.15) is 16.0 Å². The van der Waals surface area contributed by atoms with Gasteiger partial charge in [-0.3, -0.25) is 20.1 Å². The third-order valence-electron chi connectivity index (χ3n) is 3.35. The van der Waals surface area contributed by atoms with Gasteiger partial charge in [0.2, 0.25) is 0 Å². The number of hydrogen-bond donors (Lipinski definition) is 0. The molecule has 3 aromatic rings. The largest absolute Gasteiger partial charge is 0.269 e. The van der Waals surface area contributed by atoms with Crippen LogP contribution in [-0.4, -0.2) is 14.9 Å². The summed E-state index contributed by atoms with van der Waals surface area (Å²) in [4.78, 5) is 21.1. The van der Waals surface area contributed by atoms with Crippen molar-refractivity contribution in [3.05, 3.63) is 75.0 Å². The highest BCUT2D eigenvalue weighted by Crippen LogP contribution is 2.31. The highest BCUT2D eigenvalue weighted by atomic mass is 32.1. The van der Waals surface area contributed by atoms with Crippen molar-refractivity contribution in [1.29, 1.82) is 0 Å². The summed E-state index contributed by atoms with van der Waals surface area (Å²) in [6.45, 7) is 2.05. The Labute approximate surface area is 131 Å². The van der Waals surface area contributed by atoms with Gasteiger partial charge in [0, 0.05) is 29.4 Å². The Morgan fingerprint density at radius 1 is 1.27 bits per heavy atom. The van der Waals surface area contributed by atoms with Crippen LogP contribution in [0.2, 0.25) is 0 Å². The standard InChI is InChI=1S/C16H13N3O2S/c1-11-13(7-12-3-2-4-14(8-12)19(20)21)9-16(22-11)15-10-17-5-6-18-15/h2-6,8-10H,7H2,1H3. The van der Waals surface area contributed by atoms with Crippen molar-refractivity contribution in [2.75, 3.05) is 0 Å². The maximum atomic E-state index is 10.9. The lowest BCUT2D eigenvalue weighted by Crippen LogP contribution is -1.92. The molecule has 0 bridgehead atoms. The summed E-state index contributed by atoms with van der Waals surface area (Å²) in [7, 11) is 0. The van der Waals surface area contributed by atoms with E-state index in [0.717, 1.165) is 21.7 Å². The van der Waals surface area contributed by atoms with Crippen LogP contribution in [0.15, 0.2) is 48.9 Å². The Morgan fingerprint density at radius 2 is 2.14 bits per heavy atom. The van der Waals surface area contributed by atoms with E-state index < -0.39 is 0 Å². The number of nitro groups is 1. The molecule has 0 atom stereocenters. The van der Waals surface area contributed by atoms with E-state index in [-0.39, 0.29) is 10.6 Å². The van der Waals surface area contributed by atoms with Gasteiger partial charge in [-0.05, 0) is 30.5 Å². The van der Waals surface area contributed by atoms with Crippen molar-refractivity contribution in [3.8, 4) is 10.6 Å². The normalized spacial score (nSPS) is 10.6. The molecule has 0 aliphatic rings. The van der Waals surface area contributed by atoms with Crippen molar-refractivity contribution < 1.29 is 4.92 Å². The monoisotopic (exact) mass is 311 g/mol. The average molecular weight is 311 g/mol. The number of rotatable bonds is 4. The molecule has 0 spiro atoms. The number of nitrogens with zero attached hydrogens (tertiary/aromatic N) is 3. The van der Waals surface area contributed by atoms with E-state index in [1.807, 2.05) is 6.07 Å². The van der Waals surface area contributed by atoms with E-state index in [1.165, 1.54) is 10.9 Å². The first-order valence-corrected chi connectivity index (χ1v) is 7.54. The molecule has 110 valence electrons. The summed E-state index contributed by atoms with van der Waals surface area (Å²) < 4.78 is 0. The molecule has 0 aliphatic heterocycles. The van der Waals surface area contributed by atoms with Gasteiger partial charge >= 0.3 is 0 Å². The molecular weight excluding hydrogens is 298 g/mol. The zero-order valence-electron chi connectivity index (χ0n) is 11.9. The van der Waals surface area contributed by atoms with Gasteiger partial charge in [-0.1, -0.05) is 12.1 Å². The fraction of sp³-hybridized carbons (Fsp3) is 0.125. The Balaban J connectivity index is 1.89. The second-order valence-corrected chi connectivity index (χ2v) is 6.14. The van der Waals surface area contributed by atoms with Gasteiger partial charge in [0.25, 0.3) is 5.69 Å². The van der Waals surface area contributed by atoms with E-state index in [4.69, 9.17) is 0 Å². The van der Waals surface area contributed by atoms with E-state index in [2.05, 4.69) is 23.0 Å². The number of benzene rings is 1.